The molecule has 0 spiro atoms. The minimum absolute atomic E-state index is 0.0125. The van der Waals surface area contributed by atoms with E-state index in [2.05, 4.69) is 36.1 Å². The molecule has 0 fully saturated rings. The summed E-state index contributed by atoms with van der Waals surface area (Å²) in [4.78, 5) is 2.32. The van der Waals surface area contributed by atoms with Crippen molar-refractivity contribution in [3.8, 4) is 0 Å². The Hall–Kier alpha value is -3.12. The highest BCUT2D eigenvalue weighted by Crippen LogP contribution is 2.35. The van der Waals surface area contributed by atoms with Crippen LogP contribution in [0.15, 0.2) is 84.9 Å². The Morgan fingerprint density at radius 3 is 2.00 bits per heavy atom. The van der Waals surface area contributed by atoms with Gasteiger partial charge in [-0.25, -0.2) is 4.39 Å². The SMILES string of the molecule is C[C@@H]([C@@H]1CC=C(c2ccc(C(F)(F)F)c(F)c2)O1)N(Cc1ccccc1)Cc1ccccc1. The molecule has 4 rings (SSSR count). The van der Waals surface area contributed by atoms with Gasteiger partial charge in [0.15, 0.2) is 0 Å². The average Bonchev–Trinajstić information content (AvgIpc) is 3.29. The van der Waals surface area contributed by atoms with E-state index in [9.17, 15) is 17.6 Å². The minimum Gasteiger partial charge on any atom is -0.488 e. The van der Waals surface area contributed by atoms with Gasteiger partial charge in [0.1, 0.15) is 17.7 Å². The number of halogens is 4. The van der Waals surface area contributed by atoms with Gasteiger partial charge in [0, 0.05) is 31.1 Å². The number of nitrogens with zero attached hydrogens (tertiary/aromatic N) is 1. The van der Waals surface area contributed by atoms with Gasteiger partial charge in [-0.2, -0.15) is 13.2 Å². The Morgan fingerprint density at radius 2 is 1.48 bits per heavy atom. The van der Waals surface area contributed by atoms with Crippen LogP contribution in [0, 0.1) is 5.82 Å². The summed E-state index contributed by atoms with van der Waals surface area (Å²) in [5.41, 5.74) is 1.40. The molecule has 0 saturated carbocycles. The van der Waals surface area contributed by atoms with Crippen LogP contribution in [0.2, 0.25) is 0 Å². The maximum atomic E-state index is 14.1. The Kier molecular flexibility index (Phi) is 6.84. The monoisotopic (exact) mass is 455 g/mol. The average molecular weight is 455 g/mol. The van der Waals surface area contributed by atoms with Crippen LogP contribution >= 0.6 is 0 Å². The van der Waals surface area contributed by atoms with Crippen molar-refractivity contribution in [1.82, 2.24) is 4.90 Å². The van der Waals surface area contributed by atoms with Crippen LogP contribution in [0.3, 0.4) is 0 Å². The van der Waals surface area contributed by atoms with Crippen LogP contribution in [0.1, 0.15) is 35.6 Å². The van der Waals surface area contributed by atoms with E-state index in [1.807, 2.05) is 42.5 Å². The van der Waals surface area contributed by atoms with E-state index in [1.165, 1.54) is 17.2 Å². The summed E-state index contributed by atoms with van der Waals surface area (Å²) in [6.07, 6.45) is -2.50. The van der Waals surface area contributed by atoms with Gasteiger partial charge in [0.2, 0.25) is 0 Å². The molecule has 0 aromatic heterocycles. The fourth-order valence-corrected chi connectivity index (χ4v) is 4.08. The molecule has 0 saturated heterocycles. The standard InChI is InChI=1S/C27H25F4NO/c1-19(32(17-20-8-4-2-5-9-20)18-21-10-6-3-7-11-21)25-14-15-26(33-25)22-12-13-23(24(28)16-22)27(29,30)31/h2-13,15-16,19,25H,14,17-18H2,1H3/t19-,25-/m0/s1. The minimum atomic E-state index is -4.72. The highest BCUT2D eigenvalue weighted by Gasteiger charge is 2.35. The Balaban J connectivity index is 1.49. The third kappa shape index (κ3) is 5.63. The first-order valence-corrected chi connectivity index (χ1v) is 10.9. The maximum absolute atomic E-state index is 14.1. The van der Waals surface area contributed by atoms with Crippen LogP contribution in [-0.4, -0.2) is 17.0 Å². The van der Waals surface area contributed by atoms with E-state index in [-0.39, 0.29) is 12.1 Å². The number of ether oxygens (including phenoxy) is 1. The van der Waals surface area contributed by atoms with Crippen molar-refractivity contribution in [3.05, 3.63) is 113 Å². The zero-order valence-electron chi connectivity index (χ0n) is 18.2. The van der Waals surface area contributed by atoms with E-state index in [4.69, 9.17) is 4.74 Å². The normalized spacial score (nSPS) is 17.0. The van der Waals surface area contributed by atoms with Crippen molar-refractivity contribution in [2.75, 3.05) is 0 Å². The largest absolute Gasteiger partial charge is 0.488 e. The predicted octanol–water partition coefficient (Wildman–Crippen LogP) is 7.07. The van der Waals surface area contributed by atoms with Gasteiger partial charge in [-0.1, -0.05) is 66.7 Å². The van der Waals surface area contributed by atoms with Crippen molar-refractivity contribution in [1.29, 1.82) is 0 Å². The quantitative estimate of drug-likeness (QED) is 0.354. The number of benzene rings is 3. The van der Waals surface area contributed by atoms with Crippen molar-refractivity contribution in [3.63, 3.8) is 0 Å². The van der Waals surface area contributed by atoms with Gasteiger partial charge in [-0.3, -0.25) is 4.90 Å². The lowest BCUT2D eigenvalue weighted by molar-refractivity contribution is -0.140. The van der Waals surface area contributed by atoms with Crippen LogP contribution < -0.4 is 0 Å². The molecule has 1 aliphatic heterocycles. The molecule has 3 aromatic rings. The van der Waals surface area contributed by atoms with Gasteiger partial charge >= 0.3 is 6.18 Å². The zero-order chi connectivity index (χ0) is 23.4. The van der Waals surface area contributed by atoms with Crippen molar-refractivity contribution < 1.29 is 22.3 Å². The van der Waals surface area contributed by atoms with Crippen LogP contribution in [0.25, 0.3) is 5.76 Å². The van der Waals surface area contributed by atoms with Gasteiger partial charge in [0.05, 0.1) is 5.56 Å². The maximum Gasteiger partial charge on any atom is 0.419 e. The molecule has 172 valence electrons. The Labute approximate surface area is 191 Å². The summed E-state index contributed by atoms with van der Waals surface area (Å²) in [5.74, 6) is -0.880. The number of alkyl halides is 3. The topological polar surface area (TPSA) is 12.5 Å². The second-order valence-electron chi connectivity index (χ2n) is 8.27. The molecule has 3 aromatic carbocycles. The summed E-state index contributed by atoms with van der Waals surface area (Å²) >= 11 is 0. The highest BCUT2D eigenvalue weighted by molar-refractivity contribution is 5.62. The first kappa shape index (κ1) is 23.1. The third-order valence-corrected chi connectivity index (χ3v) is 5.94. The van der Waals surface area contributed by atoms with Gasteiger partial charge in [-0.05, 0) is 36.3 Å². The van der Waals surface area contributed by atoms with E-state index in [1.54, 1.807) is 0 Å². The molecule has 1 heterocycles. The van der Waals surface area contributed by atoms with Crippen molar-refractivity contribution in [2.24, 2.45) is 0 Å². The first-order valence-electron chi connectivity index (χ1n) is 10.9. The molecule has 0 unspecified atom stereocenters. The molecular weight excluding hydrogens is 430 g/mol. The van der Waals surface area contributed by atoms with Gasteiger partial charge < -0.3 is 4.74 Å². The molecule has 0 amide bonds. The summed E-state index contributed by atoms with van der Waals surface area (Å²) in [5, 5.41) is 0. The molecule has 0 N–H and O–H groups in total. The molecular formula is C27H25F4NO. The Morgan fingerprint density at radius 1 is 0.909 bits per heavy atom. The fraction of sp³-hybridized carbons (Fsp3) is 0.259. The van der Waals surface area contributed by atoms with E-state index < -0.39 is 17.6 Å². The van der Waals surface area contributed by atoms with E-state index in [0.717, 1.165) is 25.2 Å². The Bertz CT molecular complexity index is 1050. The van der Waals surface area contributed by atoms with Crippen LogP contribution in [0.4, 0.5) is 17.6 Å². The highest BCUT2D eigenvalue weighted by atomic mass is 19.4. The number of hydrogen-bond donors (Lipinski definition) is 0. The molecule has 2 nitrogen and oxygen atoms in total. The van der Waals surface area contributed by atoms with E-state index >= 15 is 0 Å². The second kappa shape index (κ2) is 9.79. The molecule has 2 atom stereocenters. The summed E-state index contributed by atoms with van der Waals surface area (Å²) in [6, 6.07) is 23.2. The van der Waals surface area contributed by atoms with E-state index in [0.29, 0.717) is 17.7 Å². The smallest absolute Gasteiger partial charge is 0.419 e. The second-order valence-corrected chi connectivity index (χ2v) is 8.27. The van der Waals surface area contributed by atoms with Crippen LogP contribution in [0.5, 0.6) is 0 Å². The molecule has 6 heteroatoms. The van der Waals surface area contributed by atoms with Gasteiger partial charge in [-0.15, -0.1) is 0 Å². The number of hydrogen-bond acceptors (Lipinski definition) is 2. The lowest BCUT2D eigenvalue weighted by Crippen LogP contribution is -2.40. The van der Waals surface area contributed by atoms with Crippen molar-refractivity contribution in [2.45, 2.75) is 44.8 Å². The first-order chi connectivity index (χ1) is 15.8. The third-order valence-electron chi connectivity index (χ3n) is 5.94. The molecule has 1 aliphatic rings. The zero-order valence-corrected chi connectivity index (χ0v) is 18.2. The fourth-order valence-electron chi connectivity index (χ4n) is 4.08. The molecule has 0 radical (unpaired) electrons. The molecule has 33 heavy (non-hydrogen) atoms. The van der Waals surface area contributed by atoms with Crippen molar-refractivity contribution >= 4 is 5.76 Å². The summed E-state index contributed by atoms with van der Waals surface area (Å²) in [7, 11) is 0. The number of rotatable bonds is 7. The summed E-state index contributed by atoms with van der Waals surface area (Å²) in [6.45, 7) is 3.53. The molecule has 0 aliphatic carbocycles. The molecule has 0 bridgehead atoms. The summed E-state index contributed by atoms with van der Waals surface area (Å²) < 4.78 is 58.8. The lowest BCUT2D eigenvalue weighted by atomic mass is 10.1. The van der Waals surface area contributed by atoms with Crippen LogP contribution in [-0.2, 0) is 24.0 Å². The lowest BCUT2D eigenvalue weighted by Gasteiger charge is -2.33. The predicted molar refractivity (Wildman–Crippen MR) is 120 cm³/mol. The van der Waals surface area contributed by atoms with Gasteiger partial charge in [0.25, 0.3) is 0 Å².